The first-order valence-electron chi connectivity index (χ1n) is 3.45. The Morgan fingerprint density at radius 1 is 1.31 bits per heavy atom. The van der Waals surface area contributed by atoms with Crippen molar-refractivity contribution in [2.75, 3.05) is 0 Å². The Bertz CT molecular complexity index is 427. The van der Waals surface area contributed by atoms with Gasteiger partial charge in [0.2, 0.25) is 0 Å². The zero-order valence-electron chi connectivity index (χ0n) is 6.64. The SMILES string of the molecule is N#Cc1ccc(CS(=O)(=O)O)cc1. The first kappa shape index (κ1) is 9.71. The van der Waals surface area contributed by atoms with Crippen LogP contribution < -0.4 is 0 Å². The number of nitriles is 1. The zero-order valence-corrected chi connectivity index (χ0v) is 7.45. The maximum atomic E-state index is 10.4. The van der Waals surface area contributed by atoms with Gasteiger partial charge in [0.1, 0.15) is 5.75 Å². The number of hydrogen-bond acceptors (Lipinski definition) is 3. The van der Waals surface area contributed by atoms with Gasteiger partial charge in [0.05, 0.1) is 11.6 Å². The standard InChI is InChI=1S/C8H7NO3S/c9-5-7-1-3-8(4-2-7)6-13(10,11)12/h1-4H,6H2,(H,10,11,12). The van der Waals surface area contributed by atoms with Crippen molar-refractivity contribution in [2.45, 2.75) is 5.75 Å². The van der Waals surface area contributed by atoms with E-state index in [1.165, 1.54) is 24.3 Å². The molecule has 0 saturated heterocycles. The van der Waals surface area contributed by atoms with Gasteiger partial charge in [-0.1, -0.05) is 12.1 Å². The summed E-state index contributed by atoms with van der Waals surface area (Å²) in [5, 5.41) is 8.44. The minimum atomic E-state index is -3.98. The normalized spacial score (nSPS) is 10.8. The van der Waals surface area contributed by atoms with E-state index in [0.29, 0.717) is 11.1 Å². The van der Waals surface area contributed by atoms with Gasteiger partial charge >= 0.3 is 0 Å². The summed E-state index contributed by atoms with van der Waals surface area (Å²) in [5.74, 6) is -0.418. The molecule has 1 rings (SSSR count). The van der Waals surface area contributed by atoms with E-state index in [4.69, 9.17) is 9.81 Å². The molecular formula is C8H7NO3S. The number of nitrogens with zero attached hydrogens (tertiary/aromatic N) is 1. The minimum absolute atomic E-state index is 0.418. The molecule has 0 unspecified atom stereocenters. The van der Waals surface area contributed by atoms with Crippen molar-refractivity contribution < 1.29 is 13.0 Å². The highest BCUT2D eigenvalue weighted by molar-refractivity contribution is 7.85. The van der Waals surface area contributed by atoms with Crippen molar-refractivity contribution >= 4 is 10.1 Å². The Hall–Kier alpha value is -1.38. The third-order valence-corrected chi connectivity index (χ3v) is 2.13. The largest absolute Gasteiger partial charge is 0.285 e. The van der Waals surface area contributed by atoms with Crippen molar-refractivity contribution in [2.24, 2.45) is 0 Å². The fourth-order valence-electron chi connectivity index (χ4n) is 0.886. The van der Waals surface area contributed by atoms with Gasteiger partial charge in [-0.3, -0.25) is 4.55 Å². The molecule has 0 fully saturated rings. The van der Waals surface area contributed by atoms with Crippen LogP contribution in [-0.2, 0) is 15.9 Å². The summed E-state index contributed by atoms with van der Waals surface area (Å²) in [5.41, 5.74) is 0.917. The van der Waals surface area contributed by atoms with E-state index in [1.54, 1.807) is 0 Å². The Kier molecular flexibility index (Phi) is 2.66. The first-order valence-corrected chi connectivity index (χ1v) is 5.06. The highest BCUT2D eigenvalue weighted by atomic mass is 32.2. The van der Waals surface area contributed by atoms with Crippen molar-refractivity contribution in [3.8, 4) is 6.07 Å². The molecular weight excluding hydrogens is 190 g/mol. The second-order valence-electron chi connectivity index (χ2n) is 2.53. The maximum Gasteiger partial charge on any atom is 0.269 e. The molecule has 13 heavy (non-hydrogen) atoms. The van der Waals surface area contributed by atoms with Crippen molar-refractivity contribution in [1.29, 1.82) is 5.26 Å². The van der Waals surface area contributed by atoms with Crippen molar-refractivity contribution in [3.63, 3.8) is 0 Å². The van der Waals surface area contributed by atoms with Crippen LogP contribution in [0.1, 0.15) is 11.1 Å². The third-order valence-electron chi connectivity index (χ3n) is 1.43. The average Bonchev–Trinajstić information content (AvgIpc) is 2.03. The Balaban J connectivity index is 2.89. The smallest absolute Gasteiger partial charge is 0.269 e. The van der Waals surface area contributed by atoms with Crippen LogP contribution in [0.4, 0.5) is 0 Å². The molecule has 0 bridgehead atoms. The zero-order chi connectivity index (χ0) is 9.90. The third kappa shape index (κ3) is 3.23. The van der Waals surface area contributed by atoms with Crippen LogP contribution in [0, 0.1) is 11.3 Å². The molecule has 0 aliphatic rings. The number of rotatable bonds is 2. The van der Waals surface area contributed by atoms with Crippen molar-refractivity contribution in [1.82, 2.24) is 0 Å². The van der Waals surface area contributed by atoms with E-state index in [0.717, 1.165) is 0 Å². The van der Waals surface area contributed by atoms with E-state index in [-0.39, 0.29) is 0 Å². The Morgan fingerprint density at radius 2 is 1.85 bits per heavy atom. The molecule has 5 heteroatoms. The number of hydrogen-bond donors (Lipinski definition) is 1. The second-order valence-corrected chi connectivity index (χ2v) is 3.99. The number of benzene rings is 1. The summed E-state index contributed by atoms with van der Waals surface area (Å²) >= 11 is 0. The maximum absolute atomic E-state index is 10.4. The molecule has 0 aliphatic heterocycles. The van der Waals surface area contributed by atoms with Gasteiger partial charge < -0.3 is 0 Å². The van der Waals surface area contributed by atoms with Crippen LogP contribution in [0.5, 0.6) is 0 Å². The van der Waals surface area contributed by atoms with Crippen LogP contribution >= 0.6 is 0 Å². The lowest BCUT2D eigenvalue weighted by atomic mass is 10.2. The molecule has 1 aromatic carbocycles. The van der Waals surface area contributed by atoms with Gasteiger partial charge in [-0.15, -0.1) is 0 Å². The van der Waals surface area contributed by atoms with Gasteiger partial charge in [0.25, 0.3) is 10.1 Å². The highest BCUT2D eigenvalue weighted by Crippen LogP contribution is 2.06. The molecule has 1 N–H and O–H groups in total. The summed E-state index contributed by atoms with van der Waals surface area (Å²) in [7, 11) is -3.98. The molecule has 0 spiro atoms. The predicted molar refractivity (Wildman–Crippen MR) is 46.4 cm³/mol. The van der Waals surface area contributed by atoms with E-state index in [2.05, 4.69) is 0 Å². The van der Waals surface area contributed by atoms with E-state index in [1.807, 2.05) is 6.07 Å². The van der Waals surface area contributed by atoms with Gasteiger partial charge in [-0.25, -0.2) is 0 Å². The second kappa shape index (κ2) is 3.56. The average molecular weight is 197 g/mol. The Morgan fingerprint density at radius 3 is 2.23 bits per heavy atom. The monoisotopic (exact) mass is 197 g/mol. The quantitative estimate of drug-likeness (QED) is 0.716. The molecule has 1 aromatic rings. The molecule has 0 heterocycles. The fourth-order valence-corrected chi connectivity index (χ4v) is 1.50. The van der Waals surface area contributed by atoms with E-state index >= 15 is 0 Å². The summed E-state index contributed by atoms with van der Waals surface area (Å²) in [4.78, 5) is 0. The molecule has 4 nitrogen and oxygen atoms in total. The van der Waals surface area contributed by atoms with Crippen molar-refractivity contribution in [3.05, 3.63) is 35.4 Å². The lowest BCUT2D eigenvalue weighted by Crippen LogP contribution is -2.01. The van der Waals surface area contributed by atoms with E-state index in [9.17, 15) is 8.42 Å². The highest BCUT2D eigenvalue weighted by Gasteiger charge is 2.05. The summed E-state index contributed by atoms with van der Waals surface area (Å²) in [6.07, 6.45) is 0. The molecule has 0 radical (unpaired) electrons. The Labute approximate surface area is 76.2 Å². The van der Waals surface area contributed by atoms with E-state index < -0.39 is 15.9 Å². The molecule has 0 saturated carbocycles. The van der Waals surface area contributed by atoms with Crippen LogP contribution in [0.3, 0.4) is 0 Å². The minimum Gasteiger partial charge on any atom is -0.285 e. The van der Waals surface area contributed by atoms with Gasteiger partial charge in [0.15, 0.2) is 0 Å². The molecule has 0 amide bonds. The predicted octanol–water partition coefficient (Wildman–Crippen LogP) is 0.946. The molecule has 0 aromatic heterocycles. The van der Waals surface area contributed by atoms with Crippen LogP contribution in [0.15, 0.2) is 24.3 Å². The first-order chi connectivity index (χ1) is 6.01. The van der Waals surface area contributed by atoms with Crippen LogP contribution in [0.2, 0.25) is 0 Å². The van der Waals surface area contributed by atoms with Crippen LogP contribution in [0.25, 0.3) is 0 Å². The van der Waals surface area contributed by atoms with Gasteiger partial charge in [-0.2, -0.15) is 13.7 Å². The van der Waals surface area contributed by atoms with Crippen LogP contribution in [-0.4, -0.2) is 13.0 Å². The van der Waals surface area contributed by atoms with Gasteiger partial charge in [-0.05, 0) is 17.7 Å². The topological polar surface area (TPSA) is 78.2 Å². The molecule has 68 valence electrons. The summed E-state index contributed by atoms with van der Waals surface area (Å²) in [6, 6.07) is 7.89. The summed E-state index contributed by atoms with van der Waals surface area (Å²) < 4.78 is 29.4. The molecule has 0 atom stereocenters. The lowest BCUT2D eigenvalue weighted by molar-refractivity contribution is 0.482. The van der Waals surface area contributed by atoms with Gasteiger partial charge in [0, 0.05) is 0 Å². The fraction of sp³-hybridized carbons (Fsp3) is 0.125. The molecule has 0 aliphatic carbocycles. The summed E-state index contributed by atoms with van der Waals surface area (Å²) in [6.45, 7) is 0. The lowest BCUT2D eigenvalue weighted by Gasteiger charge is -1.97.